The molecule has 6 nitrogen and oxygen atoms in total. The number of nitrogens with two attached hydrogens (primary N) is 1. The van der Waals surface area contributed by atoms with Crippen molar-refractivity contribution in [1.82, 2.24) is 10.3 Å². The molecule has 0 aliphatic heterocycles. The van der Waals surface area contributed by atoms with Crippen LogP contribution in [0.15, 0.2) is 11.4 Å². The van der Waals surface area contributed by atoms with Gasteiger partial charge in [-0.25, -0.2) is 4.98 Å². The molecule has 0 fully saturated rings. The summed E-state index contributed by atoms with van der Waals surface area (Å²) >= 11 is 1.34. The smallest absolute Gasteiger partial charge is 0.263 e. The topological polar surface area (TPSA) is 101 Å². The number of thiazole rings is 1. The first-order chi connectivity index (χ1) is 8.06. The van der Waals surface area contributed by atoms with Gasteiger partial charge in [-0.15, -0.1) is 11.3 Å². The molecule has 0 saturated heterocycles. The van der Waals surface area contributed by atoms with Crippen molar-refractivity contribution < 1.29 is 10.0 Å². The van der Waals surface area contributed by atoms with Crippen LogP contribution in [0, 0.1) is 6.92 Å². The number of amidine groups is 1. The molecule has 17 heavy (non-hydrogen) atoms. The number of hydrogen-bond donors (Lipinski definition) is 3. The van der Waals surface area contributed by atoms with Crippen LogP contribution in [-0.2, 0) is 0 Å². The predicted octanol–water partition coefficient (Wildman–Crippen LogP) is 1.10. The van der Waals surface area contributed by atoms with Crippen molar-refractivity contribution in [2.75, 3.05) is 0 Å². The lowest BCUT2D eigenvalue weighted by Crippen LogP contribution is -2.37. The Labute approximate surface area is 104 Å². The van der Waals surface area contributed by atoms with Gasteiger partial charge in [0.2, 0.25) is 0 Å². The van der Waals surface area contributed by atoms with Crippen LogP contribution in [0.25, 0.3) is 0 Å². The lowest BCUT2D eigenvalue weighted by Gasteiger charge is -2.15. The number of carbonyl (C=O) groups is 1. The van der Waals surface area contributed by atoms with E-state index in [0.29, 0.717) is 17.7 Å². The summed E-state index contributed by atoms with van der Waals surface area (Å²) < 4.78 is 0. The molecule has 0 saturated carbocycles. The van der Waals surface area contributed by atoms with E-state index in [1.807, 2.05) is 13.8 Å². The average molecular weight is 256 g/mol. The van der Waals surface area contributed by atoms with E-state index in [1.54, 1.807) is 6.20 Å². The van der Waals surface area contributed by atoms with E-state index in [9.17, 15) is 4.79 Å². The first-order valence-corrected chi connectivity index (χ1v) is 6.08. The maximum absolute atomic E-state index is 11.8. The average Bonchev–Trinajstić information content (AvgIpc) is 2.74. The van der Waals surface area contributed by atoms with Gasteiger partial charge >= 0.3 is 0 Å². The number of amides is 1. The molecule has 0 aromatic carbocycles. The molecule has 7 heteroatoms. The van der Waals surface area contributed by atoms with Crippen molar-refractivity contribution in [3.05, 3.63) is 16.1 Å². The summed E-state index contributed by atoms with van der Waals surface area (Å²) in [6.45, 7) is 3.77. The summed E-state index contributed by atoms with van der Waals surface area (Å²) in [5.41, 5.74) is 5.41. The Bertz CT molecular complexity index is 416. The number of oxime groups is 1. The van der Waals surface area contributed by atoms with E-state index in [1.165, 1.54) is 11.3 Å². The SMILES string of the molecule is CCC(CC(N)=NO)NC(=O)c1cnc(C)s1. The van der Waals surface area contributed by atoms with Crippen LogP contribution >= 0.6 is 11.3 Å². The van der Waals surface area contributed by atoms with Gasteiger partial charge in [-0.1, -0.05) is 12.1 Å². The molecule has 0 radical (unpaired) electrons. The Balaban J connectivity index is 2.59. The van der Waals surface area contributed by atoms with E-state index in [4.69, 9.17) is 10.9 Å². The third kappa shape index (κ3) is 4.03. The second kappa shape index (κ2) is 6.19. The summed E-state index contributed by atoms with van der Waals surface area (Å²) in [6, 6.07) is -0.138. The number of aryl methyl sites for hydroxylation is 1. The van der Waals surface area contributed by atoms with Gasteiger partial charge in [0.1, 0.15) is 10.7 Å². The Hall–Kier alpha value is -1.63. The molecule has 1 unspecified atom stereocenters. The maximum atomic E-state index is 11.8. The molecule has 1 heterocycles. The second-order valence-electron chi connectivity index (χ2n) is 3.62. The number of aromatic nitrogens is 1. The van der Waals surface area contributed by atoms with Gasteiger partial charge in [-0.2, -0.15) is 0 Å². The molecule has 1 aromatic heterocycles. The van der Waals surface area contributed by atoms with Gasteiger partial charge in [0, 0.05) is 12.5 Å². The quantitative estimate of drug-likeness (QED) is 0.318. The minimum atomic E-state index is -0.173. The fourth-order valence-electron chi connectivity index (χ4n) is 1.31. The molecule has 1 aromatic rings. The van der Waals surface area contributed by atoms with Gasteiger partial charge in [0.15, 0.2) is 0 Å². The minimum Gasteiger partial charge on any atom is -0.409 e. The molecule has 1 amide bonds. The van der Waals surface area contributed by atoms with Gasteiger partial charge in [0.25, 0.3) is 5.91 Å². The zero-order valence-corrected chi connectivity index (χ0v) is 10.6. The van der Waals surface area contributed by atoms with E-state index >= 15 is 0 Å². The van der Waals surface area contributed by atoms with E-state index in [0.717, 1.165) is 5.01 Å². The van der Waals surface area contributed by atoms with Crippen LogP contribution in [0.4, 0.5) is 0 Å². The van der Waals surface area contributed by atoms with Crippen LogP contribution in [0.5, 0.6) is 0 Å². The summed E-state index contributed by atoms with van der Waals surface area (Å²) in [4.78, 5) is 16.4. The van der Waals surface area contributed by atoms with Crippen LogP contribution in [0.3, 0.4) is 0 Å². The third-order valence-corrected chi connectivity index (χ3v) is 3.17. The monoisotopic (exact) mass is 256 g/mol. The molecule has 0 bridgehead atoms. The van der Waals surface area contributed by atoms with E-state index in [-0.39, 0.29) is 17.8 Å². The molecule has 4 N–H and O–H groups in total. The van der Waals surface area contributed by atoms with Gasteiger partial charge in [-0.05, 0) is 13.3 Å². The third-order valence-electron chi connectivity index (χ3n) is 2.26. The number of nitrogens with one attached hydrogen (secondary N) is 1. The predicted molar refractivity (Wildman–Crippen MR) is 66.4 cm³/mol. The number of rotatable bonds is 5. The Morgan fingerprint density at radius 1 is 1.76 bits per heavy atom. The highest BCUT2D eigenvalue weighted by molar-refractivity contribution is 7.13. The van der Waals surface area contributed by atoms with Gasteiger partial charge in [0.05, 0.1) is 11.2 Å². The number of carbonyl (C=O) groups excluding carboxylic acids is 1. The van der Waals surface area contributed by atoms with Crippen LogP contribution in [0.1, 0.15) is 34.4 Å². The van der Waals surface area contributed by atoms with Crippen LogP contribution in [0.2, 0.25) is 0 Å². The Kier molecular flexibility index (Phi) is 4.89. The van der Waals surface area contributed by atoms with E-state index < -0.39 is 0 Å². The minimum absolute atomic E-state index is 0.109. The zero-order chi connectivity index (χ0) is 12.8. The van der Waals surface area contributed by atoms with Crippen LogP contribution in [-0.4, -0.2) is 28.0 Å². The highest BCUT2D eigenvalue weighted by Gasteiger charge is 2.15. The first-order valence-electron chi connectivity index (χ1n) is 5.26. The van der Waals surface area contributed by atoms with Crippen molar-refractivity contribution in [3.8, 4) is 0 Å². The van der Waals surface area contributed by atoms with Crippen molar-refractivity contribution in [1.29, 1.82) is 0 Å². The zero-order valence-electron chi connectivity index (χ0n) is 9.80. The highest BCUT2D eigenvalue weighted by atomic mass is 32.1. The van der Waals surface area contributed by atoms with Crippen LogP contribution < -0.4 is 11.1 Å². The summed E-state index contributed by atoms with van der Waals surface area (Å²) in [5, 5.41) is 15.0. The molecular formula is C10H16N4O2S. The number of nitrogens with zero attached hydrogens (tertiary/aromatic N) is 2. The van der Waals surface area contributed by atoms with Gasteiger partial charge in [-0.3, -0.25) is 4.79 Å². The molecule has 1 rings (SSSR count). The first kappa shape index (κ1) is 13.4. The van der Waals surface area contributed by atoms with Crippen molar-refractivity contribution in [2.45, 2.75) is 32.7 Å². The molecule has 0 spiro atoms. The molecule has 1 atom stereocenters. The molecule has 0 aliphatic carbocycles. The largest absolute Gasteiger partial charge is 0.409 e. The molecular weight excluding hydrogens is 240 g/mol. The standard InChI is InChI=1S/C10H16N4O2S/c1-3-7(4-9(11)14-16)13-10(15)8-5-12-6(2)17-8/h5,7,16H,3-4H2,1-2H3,(H2,11,14)(H,13,15). The lowest BCUT2D eigenvalue weighted by atomic mass is 10.1. The van der Waals surface area contributed by atoms with E-state index in [2.05, 4.69) is 15.5 Å². The van der Waals surface area contributed by atoms with Crippen molar-refractivity contribution in [3.63, 3.8) is 0 Å². The highest BCUT2D eigenvalue weighted by Crippen LogP contribution is 2.12. The second-order valence-corrected chi connectivity index (χ2v) is 4.85. The summed E-state index contributed by atoms with van der Waals surface area (Å²) in [7, 11) is 0. The molecule has 0 aliphatic rings. The van der Waals surface area contributed by atoms with Gasteiger partial charge < -0.3 is 16.3 Å². The fraction of sp³-hybridized carbons (Fsp3) is 0.500. The summed E-state index contributed by atoms with van der Waals surface area (Å²) in [5.74, 6) is -0.0641. The van der Waals surface area contributed by atoms with Crippen molar-refractivity contribution in [2.24, 2.45) is 10.9 Å². The normalized spacial score (nSPS) is 13.4. The molecule has 94 valence electrons. The summed E-state index contributed by atoms with van der Waals surface area (Å²) in [6.07, 6.45) is 2.59. The Morgan fingerprint density at radius 3 is 2.94 bits per heavy atom. The lowest BCUT2D eigenvalue weighted by molar-refractivity contribution is 0.0941. The van der Waals surface area contributed by atoms with Crippen molar-refractivity contribution >= 4 is 23.1 Å². The number of hydrogen-bond acceptors (Lipinski definition) is 5. The maximum Gasteiger partial charge on any atom is 0.263 e. The Morgan fingerprint density at radius 2 is 2.47 bits per heavy atom. The fourth-order valence-corrected chi connectivity index (χ4v) is 1.99.